The topological polar surface area (TPSA) is 27.7 Å². The van der Waals surface area contributed by atoms with E-state index in [2.05, 4.69) is 0 Å². The van der Waals surface area contributed by atoms with Crippen LogP contribution in [0.5, 0.6) is 0 Å². The van der Waals surface area contributed by atoms with Crippen LogP contribution < -0.4 is 0 Å². The summed E-state index contributed by atoms with van der Waals surface area (Å²) in [7, 11) is 0. The number of rotatable bonds is 4. The Bertz CT molecular complexity index is 625. The molecule has 0 aliphatic carbocycles. The van der Waals surface area contributed by atoms with Gasteiger partial charge in [-0.05, 0) is 12.1 Å². The lowest BCUT2D eigenvalue weighted by atomic mass is 10.2. The summed E-state index contributed by atoms with van der Waals surface area (Å²) < 4.78 is 43.7. The third-order valence-electron chi connectivity index (χ3n) is 3.46. The van der Waals surface area contributed by atoms with Crippen molar-refractivity contribution in [2.45, 2.75) is 19.0 Å². The van der Waals surface area contributed by atoms with Crippen molar-refractivity contribution in [3.05, 3.63) is 71.3 Å². The van der Waals surface area contributed by atoms with Gasteiger partial charge < -0.3 is 14.2 Å². The SMILES string of the molecule is Fc1ccccc1CO[C@H]1CO[C@@H](c2ccccc2F)OC1. The molecule has 0 bridgehead atoms. The molecule has 1 fully saturated rings. The molecular formula is C17H16F2O3. The van der Waals surface area contributed by atoms with Crippen LogP contribution in [0.1, 0.15) is 17.4 Å². The molecule has 116 valence electrons. The van der Waals surface area contributed by atoms with E-state index in [4.69, 9.17) is 14.2 Å². The van der Waals surface area contributed by atoms with E-state index in [1.165, 1.54) is 12.1 Å². The largest absolute Gasteiger partial charge is 0.369 e. The van der Waals surface area contributed by atoms with Crippen LogP contribution in [0.2, 0.25) is 0 Å². The van der Waals surface area contributed by atoms with Crippen LogP contribution in [0.3, 0.4) is 0 Å². The van der Waals surface area contributed by atoms with Gasteiger partial charge in [0, 0.05) is 11.1 Å². The molecule has 1 saturated heterocycles. The van der Waals surface area contributed by atoms with Gasteiger partial charge in [0.15, 0.2) is 6.29 Å². The first-order chi connectivity index (χ1) is 10.7. The molecule has 3 nitrogen and oxygen atoms in total. The van der Waals surface area contributed by atoms with Gasteiger partial charge in [-0.2, -0.15) is 0 Å². The van der Waals surface area contributed by atoms with Gasteiger partial charge in [-0.1, -0.05) is 36.4 Å². The second-order valence-corrected chi connectivity index (χ2v) is 5.04. The number of hydrogen-bond donors (Lipinski definition) is 0. The second kappa shape index (κ2) is 6.96. The molecule has 3 rings (SSSR count). The predicted molar refractivity (Wildman–Crippen MR) is 76.0 cm³/mol. The van der Waals surface area contributed by atoms with Crippen molar-refractivity contribution in [1.82, 2.24) is 0 Å². The molecule has 0 spiro atoms. The lowest BCUT2D eigenvalue weighted by Crippen LogP contribution is -2.33. The van der Waals surface area contributed by atoms with Crippen LogP contribution in [-0.4, -0.2) is 19.3 Å². The van der Waals surface area contributed by atoms with Crippen LogP contribution in [0.25, 0.3) is 0 Å². The number of benzene rings is 2. The van der Waals surface area contributed by atoms with E-state index < -0.39 is 6.29 Å². The molecule has 1 heterocycles. The van der Waals surface area contributed by atoms with Crippen LogP contribution in [-0.2, 0) is 20.8 Å². The molecule has 1 aliphatic heterocycles. The number of hydrogen-bond acceptors (Lipinski definition) is 3. The molecule has 0 amide bonds. The van der Waals surface area contributed by atoms with Crippen LogP contribution >= 0.6 is 0 Å². The molecule has 5 heteroatoms. The average molecular weight is 306 g/mol. The first-order valence-corrected chi connectivity index (χ1v) is 7.06. The summed E-state index contributed by atoms with van der Waals surface area (Å²) in [5, 5.41) is 0. The third-order valence-corrected chi connectivity index (χ3v) is 3.46. The van der Waals surface area contributed by atoms with Gasteiger partial charge in [0.25, 0.3) is 0 Å². The van der Waals surface area contributed by atoms with E-state index in [9.17, 15) is 8.78 Å². The Kier molecular flexibility index (Phi) is 4.77. The summed E-state index contributed by atoms with van der Waals surface area (Å²) in [5.74, 6) is -0.664. The fourth-order valence-electron chi connectivity index (χ4n) is 2.25. The first-order valence-electron chi connectivity index (χ1n) is 7.06. The van der Waals surface area contributed by atoms with E-state index in [1.807, 2.05) is 0 Å². The predicted octanol–water partition coefficient (Wildman–Crippen LogP) is 3.60. The Hall–Kier alpha value is -1.82. The minimum atomic E-state index is -0.727. The highest BCUT2D eigenvalue weighted by Gasteiger charge is 2.26. The van der Waals surface area contributed by atoms with E-state index >= 15 is 0 Å². The molecule has 1 aliphatic rings. The van der Waals surface area contributed by atoms with Gasteiger partial charge >= 0.3 is 0 Å². The van der Waals surface area contributed by atoms with Crippen molar-refractivity contribution in [2.75, 3.05) is 13.2 Å². The van der Waals surface area contributed by atoms with Crippen LogP contribution in [0.15, 0.2) is 48.5 Å². The first kappa shape index (κ1) is 15.1. The Morgan fingerprint density at radius 2 is 1.55 bits per heavy atom. The minimum Gasteiger partial charge on any atom is -0.369 e. The highest BCUT2D eigenvalue weighted by molar-refractivity contribution is 5.19. The summed E-state index contributed by atoms with van der Waals surface area (Å²) in [4.78, 5) is 0. The molecule has 2 aromatic rings. The Morgan fingerprint density at radius 1 is 0.909 bits per heavy atom. The Balaban J connectivity index is 1.52. The van der Waals surface area contributed by atoms with Crippen LogP contribution in [0, 0.1) is 11.6 Å². The Morgan fingerprint density at radius 3 is 2.23 bits per heavy atom. The standard InChI is InChI=1S/C17H16F2O3/c18-15-7-3-1-5-12(15)9-20-13-10-21-17(22-11-13)14-6-2-4-8-16(14)19/h1-8,13,17H,9-11H2/t13-,17+. The van der Waals surface area contributed by atoms with E-state index in [0.29, 0.717) is 11.1 Å². The summed E-state index contributed by atoms with van der Waals surface area (Å²) in [6, 6.07) is 12.8. The van der Waals surface area contributed by atoms with E-state index in [-0.39, 0.29) is 37.6 Å². The van der Waals surface area contributed by atoms with Crippen molar-refractivity contribution >= 4 is 0 Å². The maximum Gasteiger partial charge on any atom is 0.186 e. The van der Waals surface area contributed by atoms with Crippen molar-refractivity contribution in [2.24, 2.45) is 0 Å². The molecule has 0 N–H and O–H groups in total. The molecule has 0 atom stereocenters. The average Bonchev–Trinajstić information content (AvgIpc) is 2.55. The smallest absolute Gasteiger partial charge is 0.186 e. The molecule has 0 radical (unpaired) electrons. The molecular weight excluding hydrogens is 290 g/mol. The second-order valence-electron chi connectivity index (χ2n) is 5.04. The van der Waals surface area contributed by atoms with Crippen LogP contribution in [0.4, 0.5) is 8.78 Å². The maximum atomic E-state index is 13.7. The zero-order chi connectivity index (χ0) is 15.4. The molecule has 22 heavy (non-hydrogen) atoms. The molecule has 0 saturated carbocycles. The quantitative estimate of drug-likeness (QED) is 0.864. The Labute approximate surface area is 127 Å². The summed E-state index contributed by atoms with van der Waals surface area (Å²) in [6.45, 7) is 0.690. The maximum absolute atomic E-state index is 13.7. The number of halogens is 2. The lowest BCUT2D eigenvalue weighted by Gasteiger charge is -2.29. The van der Waals surface area contributed by atoms with Crippen molar-refractivity contribution in [3.8, 4) is 0 Å². The third kappa shape index (κ3) is 3.50. The summed E-state index contributed by atoms with van der Waals surface area (Å²) >= 11 is 0. The van der Waals surface area contributed by atoms with Gasteiger partial charge in [0.05, 0.1) is 19.8 Å². The van der Waals surface area contributed by atoms with E-state index in [1.54, 1.807) is 36.4 Å². The monoisotopic (exact) mass is 306 g/mol. The highest BCUT2D eigenvalue weighted by atomic mass is 19.1. The summed E-state index contributed by atoms with van der Waals surface area (Å²) in [5.41, 5.74) is 0.855. The molecule has 2 aromatic carbocycles. The fourth-order valence-corrected chi connectivity index (χ4v) is 2.25. The fraction of sp³-hybridized carbons (Fsp3) is 0.294. The van der Waals surface area contributed by atoms with Gasteiger partial charge in [0.1, 0.15) is 17.7 Å². The van der Waals surface area contributed by atoms with E-state index in [0.717, 1.165) is 0 Å². The van der Waals surface area contributed by atoms with Gasteiger partial charge in [-0.25, -0.2) is 8.78 Å². The van der Waals surface area contributed by atoms with Crippen molar-refractivity contribution < 1.29 is 23.0 Å². The minimum absolute atomic E-state index is 0.147. The zero-order valence-electron chi connectivity index (χ0n) is 11.9. The summed E-state index contributed by atoms with van der Waals surface area (Å²) in [6.07, 6.45) is -1.03. The lowest BCUT2D eigenvalue weighted by molar-refractivity contribution is -0.233. The number of ether oxygens (including phenoxy) is 3. The van der Waals surface area contributed by atoms with Crippen molar-refractivity contribution in [3.63, 3.8) is 0 Å². The highest BCUT2D eigenvalue weighted by Crippen LogP contribution is 2.26. The van der Waals surface area contributed by atoms with Gasteiger partial charge in [-0.3, -0.25) is 0 Å². The van der Waals surface area contributed by atoms with Gasteiger partial charge in [-0.15, -0.1) is 0 Å². The molecule has 0 unspecified atom stereocenters. The molecule has 0 aromatic heterocycles. The zero-order valence-corrected chi connectivity index (χ0v) is 11.9. The van der Waals surface area contributed by atoms with Crippen molar-refractivity contribution in [1.29, 1.82) is 0 Å². The van der Waals surface area contributed by atoms with Gasteiger partial charge in [0.2, 0.25) is 0 Å². The normalized spacial score (nSPS) is 21.7.